The monoisotopic (exact) mass is 279 g/mol. The summed E-state index contributed by atoms with van der Waals surface area (Å²) in [6.07, 6.45) is 20.0. The van der Waals surface area contributed by atoms with E-state index in [4.69, 9.17) is 0 Å². The van der Waals surface area contributed by atoms with E-state index in [2.05, 4.69) is 18.3 Å². The molecule has 0 bridgehead atoms. The summed E-state index contributed by atoms with van der Waals surface area (Å²) in [5.41, 5.74) is 0. The first-order chi connectivity index (χ1) is 9.83. The highest BCUT2D eigenvalue weighted by molar-refractivity contribution is 5.77. The lowest BCUT2D eigenvalue weighted by Crippen LogP contribution is -2.34. The first kappa shape index (κ1) is 17.3. The number of amides is 1. The second-order valence-electron chi connectivity index (χ2n) is 6.13. The highest BCUT2D eigenvalue weighted by Crippen LogP contribution is 2.17. The molecule has 1 saturated carbocycles. The Labute approximate surface area is 125 Å². The predicted octanol–water partition coefficient (Wildman–Crippen LogP) is 5.13. The van der Waals surface area contributed by atoms with Crippen LogP contribution in [0.4, 0.5) is 0 Å². The molecule has 116 valence electrons. The minimum atomic E-state index is 0.209. The van der Waals surface area contributed by atoms with Crippen LogP contribution < -0.4 is 5.32 Å². The zero-order valence-electron chi connectivity index (χ0n) is 13.3. The van der Waals surface area contributed by atoms with Crippen LogP contribution in [0, 0.1) is 0 Å². The van der Waals surface area contributed by atoms with Gasteiger partial charge in [0.2, 0.25) is 5.91 Å². The fourth-order valence-electron chi connectivity index (χ4n) is 2.88. The molecule has 1 aliphatic carbocycles. The number of rotatable bonds is 8. The van der Waals surface area contributed by atoms with Crippen molar-refractivity contribution < 1.29 is 4.79 Å². The molecule has 1 amide bonds. The van der Waals surface area contributed by atoms with Gasteiger partial charge in [-0.05, 0) is 25.7 Å². The van der Waals surface area contributed by atoms with E-state index in [-0.39, 0.29) is 5.91 Å². The molecule has 0 spiro atoms. The van der Waals surface area contributed by atoms with Crippen molar-refractivity contribution in [3.63, 3.8) is 0 Å². The summed E-state index contributed by atoms with van der Waals surface area (Å²) >= 11 is 0. The van der Waals surface area contributed by atoms with Crippen molar-refractivity contribution >= 4 is 5.91 Å². The maximum Gasteiger partial charge on any atom is 0.224 e. The van der Waals surface area contributed by atoms with Crippen molar-refractivity contribution in [1.29, 1.82) is 0 Å². The molecule has 0 radical (unpaired) electrons. The summed E-state index contributed by atoms with van der Waals surface area (Å²) in [6, 6.07) is 0.431. The molecule has 0 unspecified atom stereocenters. The lowest BCUT2D eigenvalue weighted by Gasteiger charge is -2.20. The van der Waals surface area contributed by atoms with E-state index >= 15 is 0 Å². The van der Waals surface area contributed by atoms with Gasteiger partial charge in [0.25, 0.3) is 0 Å². The molecule has 2 heteroatoms. The van der Waals surface area contributed by atoms with E-state index in [1.807, 2.05) is 6.08 Å². The SMILES string of the molecule is CCCCCC/C=C/CC(=O)NC1CCCCCCC1. The van der Waals surface area contributed by atoms with Crippen LogP contribution in [-0.4, -0.2) is 11.9 Å². The minimum absolute atomic E-state index is 0.209. The molecule has 0 aliphatic heterocycles. The third-order valence-electron chi connectivity index (χ3n) is 4.16. The molecule has 0 atom stereocenters. The van der Waals surface area contributed by atoms with Crippen molar-refractivity contribution in [2.75, 3.05) is 0 Å². The van der Waals surface area contributed by atoms with Gasteiger partial charge >= 0.3 is 0 Å². The maximum atomic E-state index is 11.9. The van der Waals surface area contributed by atoms with Gasteiger partial charge in [-0.15, -0.1) is 0 Å². The largest absolute Gasteiger partial charge is 0.353 e. The standard InChI is InChI=1S/C18H33NO/c1-2-3-4-5-6-10-13-16-18(20)19-17-14-11-8-7-9-12-15-17/h10,13,17H,2-9,11-12,14-16H2,1H3,(H,19,20)/b13-10+. The van der Waals surface area contributed by atoms with Crippen LogP contribution in [0.2, 0.25) is 0 Å². The molecule has 1 rings (SSSR count). The van der Waals surface area contributed by atoms with Gasteiger partial charge < -0.3 is 5.32 Å². The van der Waals surface area contributed by atoms with E-state index in [1.54, 1.807) is 0 Å². The van der Waals surface area contributed by atoms with Crippen LogP contribution in [-0.2, 0) is 4.79 Å². The molecule has 0 aromatic heterocycles. The number of hydrogen-bond donors (Lipinski definition) is 1. The Morgan fingerprint density at radius 2 is 1.70 bits per heavy atom. The summed E-state index contributed by atoms with van der Waals surface area (Å²) in [7, 11) is 0. The lowest BCUT2D eigenvalue weighted by atomic mass is 9.96. The summed E-state index contributed by atoms with van der Waals surface area (Å²) < 4.78 is 0. The minimum Gasteiger partial charge on any atom is -0.353 e. The number of allylic oxidation sites excluding steroid dienone is 1. The second-order valence-corrected chi connectivity index (χ2v) is 6.13. The van der Waals surface area contributed by atoms with Gasteiger partial charge in [0.05, 0.1) is 0 Å². The first-order valence-corrected chi connectivity index (χ1v) is 8.77. The number of hydrogen-bond acceptors (Lipinski definition) is 1. The molecule has 1 aliphatic rings. The van der Waals surface area contributed by atoms with Crippen molar-refractivity contribution in [3.8, 4) is 0 Å². The summed E-state index contributed by atoms with van der Waals surface area (Å²) in [5, 5.41) is 3.21. The normalized spacial score (nSPS) is 17.9. The molecule has 0 saturated heterocycles. The topological polar surface area (TPSA) is 29.1 Å². The Hall–Kier alpha value is -0.790. The van der Waals surface area contributed by atoms with Gasteiger partial charge in [0, 0.05) is 12.5 Å². The molecule has 0 aromatic carbocycles. The molecule has 2 nitrogen and oxygen atoms in total. The van der Waals surface area contributed by atoms with Gasteiger partial charge in [-0.25, -0.2) is 0 Å². The van der Waals surface area contributed by atoms with Crippen molar-refractivity contribution in [3.05, 3.63) is 12.2 Å². The van der Waals surface area contributed by atoms with Crippen molar-refractivity contribution in [1.82, 2.24) is 5.32 Å². The van der Waals surface area contributed by atoms with Crippen molar-refractivity contribution in [2.24, 2.45) is 0 Å². The number of unbranched alkanes of at least 4 members (excludes halogenated alkanes) is 4. The third kappa shape index (κ3) is 9.17. The Bertz CT molecular complexity index is 265. The second kappa shape index (κ2) is 12.0. The zero-order valence-corrected chi connectivity index (χ0v) is 13.3. The predicted molar refractivity (Wildman–Crippen MR) is 86.8 cm³/mol. The first-order valence-electron chi connectivity index (χ1n) is 8.77. The number of carbonyl (C=O) groups is 1. The van der Waals surface area contributed by atoms with Crippen LogP contribution in [0.3, 0.4) is 0 Å². The van der Waals surface area contributed by atoms with E-state index < -0.39 is 0 Å². The fourth-order valence-corrected chi connectivity index (χ4v) is 2.88. The van der Waals surface area contributed by atoms with E-state index in [0.29, 0.717) is 12.5 Å². The zero-order chi connectivity index (χ0) is 14.5. The average Bonchev–Trinajstić information content (AvgIpc) is 2.41. The molecule has 0 aromatic rings. The van der Waals surface area contributed by atoms with E-state index in [1.165, 1.54) is 70.6 Å². The number of carbonyl (C=O) groups excluding carboxylic acids is 1. The van der Waals surface area contributed by atoms with Gasteiger partial charge in [0.15, 0.2) is 0 Å². The molecular formula is C18H33NO. The fraction of sp³-hybridized carbons (Fsp3) is 0.833. The quantitative estimate of drug-likeness (QED) is 0.484. The third-order valence-corrected chi connectivity index (χ3v) is 4.16. The van der Waals surface area contributed by atoms with Crippen LogP contribution in [0.15, 0.2) is 12.2 Å². The lowest BCUT2D eigenvalue weighted by molar-refractivity contribution is -0.121. The van der Waals surface area contributed by atoms with Crippen molar-refractivity contribution in [2.45, 2.75) is 96.4 Å². The van der Waals surface area contributed by atoms with Gasteiger partial charge in [0.1, 0.15) is 0 Å². The van der Waals surface area contributed by atoms with Gasteiger partial charge in [-0.3, -0.25) is 4.79 Å². The van der Waals surface area contributed by atoms with E-state index in [0.717, 1.165) is 6.42 Å². The van der Waals surface area contributed by atoms with Crippen LogP contribution >= 0.6 is 0 Å². The highest BCUT2D eigenvalue weighted by Gasteiger charge is 2.12. The summed E-state index contributed by atoms with van der Waals surface area (Å²) in [5.74, 6) is 0.209. The Kier molecular flexibility index (Phi) is 10.3. The Morgan fingerprint density at radius 1 is 1.00 bits per heavy atom. The summed E-state index contributed by atoms with van der Waals surface area (Å²) in [6.45, 7) is 2.23. The van der Waals surface area contributed by atoms with Crippen LogP contribution in [0.1, 0.15) is 90.4 Å². The molecule has 20 heavy (non-hydrogen) atoms. The van der Waals surface area contributed by atoms with Gasteiger partial charge in [-0.1, -0.05) is 70.4 Å². The highest BCUT2D eigenvalue weighted by atomic mass is 16.1. The Morgan fingerprint density at radius 3 is 2.40 bits per heavy atom. The molecule has 1 fully saturated rings. The van der Waals surface area contributed by atoms with Crippen LogP contribution in [0.25, 0.3) is 0 Å². The Balaban J connectivity index is 2.07. The number of nitrogens with one attached hydrogen (secondary N) is 1. The average molecular weight is 279 g/mol. The smallest absolute Gasteiger partial charge is 0.224 e. The molecule has 0 heterocycles. The summed E-state index contributed by atoms with van der Waals surface area (Å²) in [4.78, 5) is 11.9. The molecule has 1 N–H and O–H groups in total. The van der Waals surface area contributed by atoms with Gasteiger partial charge in [-0.2, -0.15) is 0 Å². The van der Waals surface area contributed by atoms with Crippen LogP contribution in [0.5, 0.6) is 0 Å². The molecular weight excluding hydrogens is 246 g/mol. The maximum absolute atomic E-state index is 11.9. The van der Waals surface area contributed by atoms with E-state index in [9.17, 15) is 4.79 Å².